The smallest absolute Gasteiger partial charge is 0.227 e. The summed E-state index contributed by atoms with van der Waals surface area (Å²) in [7, 11) is 0. The number of amides is 1. The minimum Gasteiger partial charge on any atom is -0.490 e. The molecule has 0 fully saturated rings. The fourth-order valence-electron chi connectivity index (χ4n) is 1.95. The van der Waals surface area contributed by atoms with Crippen LogP contribution in [0.4, 0.5) is 5.69 Å². The maximum absolute atomic E-state index is 12.0. The summed E-state index contributed by atoms with van der Waals surface area (Å²) in [6.45, 7) is 1.30. The summed E-state index contributed by atoms with van der Waals surface area (Å²) in [4.78, 5) is 13.8. The fourth-order valence-corrected chi connectivity index (χ4v) is 1.95. The molecule has 0 aliphatic carbocycles. The normalized spacial score (nSPS) is 14.1. The van der Waals surface area contributed by atoms with Gasteiger partial charge in [0.1, 0.15) is 12.4 Å². The average molecular weight is 235 g/mol. The Balaban J connectivity index is 2.05. The van der Waals surface area contributed by atoms with Gasteiger partial charge in [0.2, 0.25) is 5.91 Å². The van der Waals surface area contributed by atoms with Crippen LogP contribution in [0, 0.1) is 0 Å². The summed E-state index contributed by atoms with van der Waals surface area (Å²) in [5, 5.41) is 8.70. The Hall–Kier alpha value is -1.55. The van der Waals surface area contributed by atoms with Crippen LogP contribution in [-0.4, -0.2) is 30.8 Å². The maximum atomic E-state index is 12.0. The van der Waals surface area contributed by atoms with Crippen LogP contribution in [0.5, 0.6) is 5.75 Å². The number of ether oxygens (including phenoxy) is 1. The number of rotatable bonds is 4. The van der Waals surface area contributed by atoms with Crippen LogP contribution in [0.3, 0.4) is 0 Å². The predicted octanol–water partition coefficient (Wildman–Crippen LogP) is 1.57. The standard InChI is InChI=1S/C13H17NO3/c15-9-4-3-7-13(16)14-8-10-17-12-6-2-1-5-11(12)14/h1-2,5-6,15H,3-4,7-10H2. The lowest BCUT2D eigenvalue weighted by Gasteiger charge is -2.29. The molecule has 1 heterocycles. The molecule has 2 rings (SSSR count). The van der Waals surface area contributed by atoms with E-state index in [0.717, 1.165) is 17.9 Å². The molecule has 0 saturated heterocycles. The third kappa shape index (κ3) is 2.77. The predicted molar refractivity (Wildman–Crippen MR) is 65.2 cm³/mol. The minimum atomic E-state index is 0.106. The van der Waals surface area contributed by atoms with E-state index in [-0.39, 0.29) is 12.5 Å². The van der Waals surface area contributed by atoms with Crippen LogP contribution in [0.2, 0.25) is 0 Å². The van der Waals surface area contributed by atoms with E-state index in [1.165, 1.54) is 0 Å². The third-order valence-electron chi connectivity index (χ3n) is 2.83. The fraction of sp³-hybridized carbons (Fsp3) is 0.462. The highest BCUT2D eigenvalue weighted by Gasteiger charge is 2.22. The van der Waals surface area contributed by atoms with Gasteiger partial charge in [-0.25, -0.2) is 0 Å². The monoisotopic (exact) mass is 235 g/mol. The first-order chi connectivity index (χ1) is 8.33. The molecule has 1 amide bonds. The number of unbranched alkanes of at least 4 members (excludes halogenated alkanes) is 1. The van der Waals surface area contributed by atoms with Crippen LogP contribution < -0.4 is 9.64 Å². The molecule has 0 radical (unpaired) electrons. The van der Waals surface area contributed by atoms with Crippen molar-refractivity contribution >= 4 is 11.6 Å². The molecule has 92 valence electrons. The van der Waals surface area contributed by atoms with Crippen LogP contribution in [-0.2, 0) is 4.79 Å². The Kier molecular flexibility index (Phi) is 3.98. The maximum Gasteiger partial charge on any atom is 0.227 e. The van der Waals surface area contributed by atoms with E-state index in [4.69, 9.17) is 9.84 Å². The lowest BCUT2D eigenvalue weighted by molar-refractivity contribution is -0.119. The quantitative estimate of drug-likeness (QED) is 0.806. The molecule has 0 spiro atoms. The lowest BCUT2D eigenvalue weighted by atomic mass is 10.2. The van der Waals surface area contributed by atoms with Gasteiger partial charge in [-0.2, -0.15) is 0 Å². The highest BCUT2D eigenvalue weighted by molar-refractivity contribution is 5.95. The molecule has 0 atom stereocenters. The van der Waals surface area contributed by atoms with Gasteiger partial charge in [-0.1, -0.05) is 12.1 Å². The Bertz CT molecular complexity index is 392. The minimum absolute atomic E-state index is 0.106. The summed E-state index contributed by atoms with van der Waals surface area (Å²) in [6.07, 6.45) is 1.89. The van der Waals surface area contributed by atoms with Gasteiger partial charge in [0, 0.05) is 13.0 Å². The van der Waals surface area contributed by atoms with Gasteiger partial charge in [0.15, 0.2) is 0 Å². The number of carbonyl (C=O) groups is 1. The lowest BCUT2D eigenvalue weighted by Crippen LogP contribution is -2.37. The van der Waals surface area contributed by atoms with Crippen LogP contribution in [0.1, 0.15) is 19.3 Å². The molecule has 4 nitrogen and oxygen atoms in total. The van der Waals surface area contributed by atoms with Gasteiger partial charge in [-0.05, 0) is 25.0 Å². The highest BCUT2D eigenvalue weighted by Crippen LogP contribution is 2.31. The molecule has 1 aliphatic heterocycles. The molecule has 1 aromatic rings. The molecule has 0 bridgehead atoms. The molecule has 1 aromatic carbocycles. The van der Waals surface area contributed by atoms with Crippen LogP contribution in [0.25, 0.3) is 0 Å². The number of nitrogens with zero attached hydrogens (tertiary/aromatic N) is 1. The second kappa shape index (κ2) is 5.68. The molecule has 17 heavy (non-hydrogen) atoms. The Morgan fingerprint density at radius 2 is 2.18 bits per heavy atom. The number of carbonyl (C=O) groups excluding carboxylic acids is 1. The summed E-state index contributed by atoms with van der Waals surface area (Å²) in [6, 6.07) is 7.58. The first-order valence-electron chi connectivity index (χ1n) is 5.96. The van der Waals surface area contributed by atoms with Crippen molar-refractivity contribution in [1.82, 2.24) is 0 Å². The molecule has 4 heteroatoms. The van der Waals surface area contributed by atoms with Crippen molar-refractivity contribution in [1.29, 1.82) is 0 Å². The topological polar surface area (TPSA) is 49.8 Å². The number of anilines is 1. The van der Waals surface area contributed by atoms with Gasteiger partial charge < -0.3 is 14.7 Å². The molecular weight excluding hydrogens is 218 g/mol. The molecule has 1 aliphatic rings. The van der Waals surface area contributed by atoms with E-state index < -0.39 is 0 Å². The zero-order valence-corrected chi connectivity index (χ0v) is 9.76. The molecule has 0 unspecified atom stereocenters. The SMILES string of the molecule is O=C(CCCCO)N1CCOc2ccccc21. The van der Waals surface area contributed by atoms with Gasteiger partial charge in [0.05, 0.1) is 12.2 Å². The third-order valence-corrected chi connectivity index (χ3v) is 2.83. The molecule has 0 aromatic heterocycles. The number of aliphatic hydroxyl groups excluding tert-OH is 1. The average Bonchev–Trinajstić information content (AvgIpc) is 2.38. The molecule has 0 saturated carbocycles. The van der Waals surface area contributed by atoms with Crippen molar-refractivity contribution in [3.63, 3.8) is 0 Å². The Labute approximate surface area is 101 Å². The van der Waals surface area contributed by atoms with Crippen molar-refractivity contribution in [2.24, 2.45) is 0 Å². The second-order valence-electron chi connectivity index (χ2n) is 4.04. The van der Waals surface area contributed by atoms with Crippen molar-refractivity contribution < 1.29 is 14.6 Å². The van der Waals surface area contributed by atoms with Crippen LogP contribution in [0.15, 0.2) is 24.3 Å². The van der Waals surface area contributed by atoms with Crippen molar-refractivity contribution in [2.75, 3.05) is 24.7 Å². The molecular formula is C13H17NO3. The van der Waals surface area contributed by atoms with Crippen molar-refractivity contribution in [3.05, 3.63) is 24.3 Å². The summed E-state index contributed by atoms with van der Waals surface area (Å²) in [5.74, 6) is 0.878. The summed E-state index contributed by atoms with van der Waals surface area (Å²) < 4.78 is 5.50. The van der Waals surface area contributed by atoms with E-state index in [0.29, 0.717) is 26.0 Å². The van der Waals surface area contributed by atoms with E-state index in [1.54, 1.807) is 4.90 Å². The largest absolute Gasteiger partial charge is 0.490 e. The second-order valence-corrected chi connectivity index (χ2v) is 4.04. The Morgan fingerprint density at radius 3 is 3.00 bits per heavy atom. The van der Waals surface area contributed by atoms with Gasteiger partial charge in [-0.3, -0.25) is 4.79 Å². The van der Waals surface area contributed by atoms with Gasteiger partial charge in [-0.15, -0.1) is 0 Å². The number of para-hydroxylation sites is 2. The van der Waals surface area contributed by atoms with E-state index in [9.17, 15) is 4.79 Å². The number of aliphatic hydroxyl groups is 1. The highest BCUT2D eigenvalue weighted by atomic mass is 16.5. The van der Waals surface area contributed by atoms with E-state index in [1.807, 2.05) is 24.3 Å². The number of hydrogen-bond donors (Lipinski definition) is 1. The number of benzene rings is 1. The van der Waals surface area contributed by atoms with Gasteiger partial charge >= 0.3 is 0 Å². The zero-order chi connectivity index (χ0) is 12.1. The first-order valence-corrected chi connectivity index (χ1v) is 5.96. The van der Waals surface area contributed by atoms with Crippen molar-refractivity contribution in [3.8, 4) is 5.75 Å². The summed E-state index contributed by atoms with van der Waals surface area (Å²) >= 11 is 0. The molecule has 1 N–H and O–H groups in total. The number of fused-ring (bicyclic) bond motifs is 1. The first kappa shape index (κ1) is 11.9. The summed E-state index contributed by atoms with van der Waals surface area (Å²) in [5.41, 5.74) is 0.854. The van der Waals surface area contributed by atoms with E-state index in [2.05, 4.69) is 0 Å². The number of hydrogen-bond acceptors (Lipinski definition) is 3. The Morgan fingerprint density at radius 1 is 1.35 bits per heavy atom. The van der Waals surface area contributed by atoms with Crippen LogP contribution >= 0.6 is 0 Å². The van der Waals surface area contributed by atoms with Crippen molar-refractivity contribution in [2.45, 2.75) is 19.3 Å². The van der Waals surface area contributed by atoms with Gasteiger partial charge in [0.25, 0.3) is 0 Å². The zero-order valence-electron chi connectivity index (χ0n) is 9.76. The van der Waals surface area contributed by atoms with E-state index >= 15 is 0 Å².